The van der Waals surface area contributed by atoms with Crippen molar-refractivity contribution in [2.24, 2.45) is 12.8 Å². The SMILES string of the molecule is Cn1c(CO)nnc1C1CCCN(C(=O)c2cc(F)ccc2OCCN)C1. The average molecular weight is 377 g/mol. The zero-order valence-electron chi connectivity index (χ0n) is 15.3. The maximum Gasteiger partial charge on any atom is 0.257 e. The number of aliphatic hydroxyl groups excluding tert-OH is 1. The van der Waals surface area contributed by atoms with Gasteiger partial charge in [0.1, 0.15) is 30.6 Å². The van der Waals surface area contributed by atoms with Gasteiger partial charge in [0, 0.05) is 32.6 Å². The van der Waals surface area contributed by atoms with Gasteiger partial charge in [0.2, 0.25) is 0 Å². The van der Waals surface area contributed by atoms with E-state index in [1.54, 1.807) is 16.5 Å². The van der Waals surface area contributed by atoms with Crippen molar-refractivity contribution in [3.8, 4) is 5.75 Å². The second-order valence-electron chi connectivity index (χ2n) is 6.56. The molecule has 0 bridgehead atoms. The fraction of sp³-hybridized carbons (Fsp3) is 0.500. The molecule has 0 saturated carbocycles. The highest BCUT2D eigenvalue weighted by molar-refractivity contribution is 5.97. The molecule has 0 radical (unpaired) electrons. The van der Waals surface area contributed by atoms with E-state index in [2.05, 4.69) is 10.2 Å². The van der Waals surface area contributed by atoms with E-state index in [9.17, 15) is 14.3 Å². The van der Waals surface area contributed by atoms with Crippen molar-refractivity contribution in [3.63, 3.8) is 0 Å². The molecule has 3 N–H and O–H groups in total. The summed E-state index contributed by atoms with van der Waals surface area (Å²) in [6, 6.07) is 3.91. The Balaban J connectivity index is 1.81. The minimum absolute atomic E-state index is 0.00229. The van der Waals surface area contributed by atoms with Crippen LogP contribution in [0.2, 0.25) is 0 Å². The predicted molar refractivity (Wildman–Crippen MR) is 95.8 cm³/mol. The number of rotatable bonds is 6. The van der Waals surface area contributed by atoms with Crippen molar-refractivity contribution in [1.29, 1.82) is 0 Å². The Hall–Kier alpha value is -2.52. The molecule has 27 heavy (non-hydrogen) atoms. The van der Waals surface area contributed by atoms with Crippen molar-refractivity contribution >= 4 is 5.91 Å². The van der Waals surface area contributed by atoms with Crippen molar-refractivity contribution in [2.75, 3.05) is 26.2 Å². The highest BCUT2D eigenvalue weighted by Crippen LogP contribution is 2.29. The van der Waals surface area contributed by atoms with E-state index in [4.69, 9.17) is 10.5 Å². The lowest BCUT2D eigenvalue weighted by molar-refractivity contribution is 0.0698. The lowest BCUT2D eigenvalue weighted by atomic mass is 9.96. The molecule has 0 aliphatic carbocycles. The Bertz CT molecular complexity index is 810. The molecule has 3 rings (SSSR count). The molecule has 9 heteroatoms. The van der Waals surface area contributed by atoms with Gasteiger partial charge in [0.25, 0.3) is 5.91 Å². The summed E-state index contributed by atoms with van der Waals surface area (Å²) in [5.74, 6) is 0.771. The van der Waals surface area contributed by atoms with Crippen LogP contribution in [0.15, 0.2) is 18.2 Å². The van der Waals surface area contributed by atoms with E-state index in [1.807, 2.05) is 0 Å². The summed E-state index contributed by atoms with van der Waals surface area (Å²) in [5.41, 5.74) is 5.65. The maximum atomic E-state index is 13.7. The molecule has 2 aromatic rings. The van der Waals surface area contributed by atoms with Gasteiger partial charge in [-0.2, -0.15) is 0 Å². The van der Waals surface area contributed by atoms with E-state index in [1.165, 1.54) is 18.2 Å². The van der Waals surface area contributed by atoms with Crippen LogP contribution in [0.1, 0.15) is 40.8 Å². The third-order valence-electron chi connectivity index (χ3n) is 4.76. The molecular formula is C18H24FN5O3. The van der Waals surface area contributed by atoms with Crippen LogP contribution in [0.5, 0.6) is 5.75 Å². The maximum absolute atomic E-state index is 13.7. The van der Waals surface area contributed by atoms with Gasteiger partial charge in [0.15, 0.2) is 5.82 Å². The Morgan fingerprint density at radius 2 is 2.26 bits per heavy atom. The van der Waals surface area contributed by atoms with Crippen LogP contribution in [0.4, 0.5) is 4.39 Å². The van der Waals surface area contributed by atoms with Crippen molar-refractivity contribution in [3.05, 3.63) is 41.2 Å². The first kappa shape index (κ1) is 19.2. The number of carbonyl (C=O) groups is 1. The van der Waals surface area contributed by atoms with Crippen molar-refractivity contribution in [2.45, 2.75) is 25.4 Å². The third-order valence-corrected chi connectivity index (χ3v) is 4.76. The standard InChI is InChI=1S/C18H24FN5O3/c1-23-16(11-25)21-22-17(23)12-3-2-7-24(10-12)18(26)14-9-13(19)4-5-15(14)27-8-6-20/h4-5,9,12,25H,2-3,6-8,10-11,20H2,1H3. The molecule has 1 unspecified atom stereocenters. The summed E-state index contributed by atoms with van der Waals surface area (Å²) in [6.07, 6.45) is 1.66. The van der Waals surface area contributed by atoms with E-state index in [0.29, 0.717) is 31.2 Å². The Morgan fingerprint density at radius 1 is 1.44 bits per heavy atom. The number of piperidine rings is 1. The molecule has 1 amide bonds. The normalized spacial score (nSPS) is 17.2. The first-order chi connectivity index (χ1) is 13.0. The Labute approximate surface area is 156 Å². The number of hydrogen-bond donors (Lipinski definition) is 2. The quantitative estimate of drug-likeness (QED) is 0.771. The van der Waals surface area contributed by atoms with Gasteiger partial charge in [-0.3, -0.25) is 4.79 Å². The number of nitrogens with two attached hydrogens (primary N) is 1. The number of hydrogen-bond acceptors (Lipinski definition) is 6. The monoisotopic (exact) mass is 377 g/mol. The molecule has 8 nitrogen and oxygen atoms in total. The van der Waals surface area contributed by atoms with Gasteiger partial charge < -0.3 is 25.0 Å². The topological polar surface area (TPSA) is 106 Å². The lowest BCUT2D eigenvalue weighted by Gasteiger charge is -2.32. The van der Waals surface area contributed by atoms with E-state index >= 15 is 0 Å². The predicted octanol–water partition coefficient (Wildman–Crippen LogP) is 0.804. The fourth-order valence-electron chi connectivity index (χ4n) is 3.38. The molecule has 2 heterocycles. The summed E-state index contributed by atoms with van der Waals surface area (Å²) in [4.78, 5) is 14.7. The summed E-state index contributed by atoms with van der Waals surface area (Å²) in [7, 11) is 1.80. The summed E-state index contributed by atoms with van der Waals surface area (Å²) in [5, 5.41) is 17.4. The Kier molecular flexibility index (Phi) is 6.02. The number of amides is 1. The first-order valence-electron chi connectivity index (χ1n) is 8.95. The van der Waals surface area contributed by atoms with Crippen LogP contribution >= 0.6 is 0 Å². The smallest absolute Gasteiger partial charge is 0.257 e. The van der Waals surface area contributed by atoms with Gasteiger partial charge >= 0.3 is 0 Å². The first-order valence-corrected chi connectivity index (χ1v) is 8.95. The number of halogens is 1. The van der Waals surface area contributed by atoms with Gasteiger partial charge in [-0.1, -0.05) is 0 Å². The van der Waals surface area contributed by atoms with Gasteiger partial charge in [-0.15, -0.1) is 10.2 Å². The molecule has 1 fully saturated rings. The minimum Gasteiger partial charge on any atom is -0.491 e. The van der Waals surface area contributed by atoms with Crippen molar-refractivity contribution in [1.82, 2.24) is 19.7 Å². The lowest BCUT2D eigenvalue weighted by Crippen LogP contribution is -2.40. The molecule has 146 valence electrons. The largest absolute Gasteiger partial charge is 0.491 e. The number of aromatic nitrogens is 3. The average Bonchev–Trinajstić information content (AvgIpc) is 3.07. The van der Waals surface area contributed by atoms with E-state index in [0.717, 1.165) is 18.7 Å². The number of ether oxygens (including phenoxy) is 1. The second kappa shape index (κ2) is 8.45. The minimum atomic E-state index is -0.493. The highest BCUT2D eigenvalue weighted by Gasteiger charge is 2.30. The molecule has 1 atom stereocenters. The van der Waals surface area contributed by atoms with Crippen LogP contribution in [-0.2, 0) is 13.7 Å². The van der Waals surface area contributed by atoms with Crippen LogP contribution in [0, 0.1) is 5.82 Å². The molecule has 1 saturated heterocycles. The van der Waals surface area contributed by atoms with E-state index < -0.39 is 5.82 Å². The number of nitrogens with zero attached hydrogens (tertiary/aromatic N) is 4. The van der Waals surface area contributed by atoms with Crippen LogP contribution in [-0.4, -0.2) is 56.9 Å². The van der Waals surface area contributed by atoms with Gasteiger partial charge in [-0.05, 0) is 31.0 Å². The van der Waals surface area contributed by atoms with E-state index in [-0.39, 0.29) is 30.6 Å². The highest BCUT2D eigenvalue weighted by atomic mass is 19.1. The second-order valence-corrected chi connectivity index (χ2v) is 6.56. The van der Waals surface area contributed by atoms with Crippen molar-refractivity contribution < 1.29 is 19.0 Å². The molecule has 1 aliphatic rings. The molecule has 1 aromatic carbocycles. The number of aliphatic hydroxyl groups is 1. The fourth-order valence-corrected chi connectivity index (χ4v) is 3.38. The number of carbonyl (C=O) groups excluding carboxylic acids is 1. The third kappa shape index (κ3) is 4.09. The van der Waals surface area contributed by atoms with Crippen LogP contribution in [0.3, 0.4) is 0 Å². The summed E-state index contributed by atoms with van der Waals surface area (Å²) < 4.78 is 21.0. The number of benzene rings is 1. The van der Waals surface area contributed by atoms with Gasteiger partial charge in [-0.25, -0.2) is 4.39 Å². The molecule has 1 aromatic heterocycles. The summed E-state index contributed by atoms with van der Waals surface area (Å²) >= 11 is 0. The molecular weight excluding hydrogens is 353 g/mol. The zero-order chi connectivity index (χ0) is 19.4. The van der Waals surface area contributed by atoms with Crippen LogP contribution in [0.25, 0.3) is 0 Å². The molecule has 0 spiro atoms. The zero-order valence-corrected chi connectivity index (χ0v) is 15.3. The molecule has 1 aliphatic heterocycles. The number of likely N-dealkylation sites (tertiary alicyclic amines) is 1. The Morgan fingerprint density at radius 3 is 2.96 bits per heavy atom. The van der Waals surface area contributed by atoms with Gasteiger partial charge in [0.05, 0.1) is 5.56 Å². The summed E-state index contributed by atoms with van der Waals surface area (Å²) in [6.45, 7) is 1.38. The van der Waals surface area contributed by atoms with Crippen LogP contribution < -0.4 is 10.5 Å².